The minimum atomic E-state index is -0.755. The number of aromatic nitrogens is 3. The van der Waals surface area contributed by atoms with E-state index in [1.165, 1.54) is 23.0 Å². The lowest BCUT2D eigenvalue weighted by atomic mass is 10.1. The highest BCUT2D eigenvalue weighted by molar-refractivity contribution is 9.10. The standard InChI is InChI=1S/C27H19BrFN5O3/c28-19-4-8-21(9-5-19)34-31-25(17-2-6-20(29)7-3-17)26(32-34)27-33(24(36)15-37-27)12-11-16-1-10-22-18(13-16)14-23(35)30-22/h1-10,13-14,27H,11-12,15H2/t27-/m1/s1. The minimum Gasteiger partial charge on any atom is -0.342 e. The molecule has 3 heterocycles. The molecule has 184 valence electrons. The van der Waals surface area contributed by atoms with Crippen molar-refractivity contribution in [3.05, 3.63) is 98.9 Å². The summed E-state index contributed by atoms with van der Waals surface area (Å²) in [5, 5.41) is 10.8. The van der Waals surface area contributed by atoms with Crippen molar-refractivity contribution >= 4 is 33.8 Å². The highest BCUT2D eigenvalue weighted by Gasteiger charge is 2.37. The van der Waals surface area contributed by atoms with Gasteiger partial charge in [0.25, 0.3) is 11.8 Å². The Morgan fingerprint density at radius 3 is 2.57 bits per heavy atom. The second kappa shape index (κ2) is 9.45. The highest BCUT2D eigenvalue weighted by Crippen LogP contribution is 2.33. The van der Waals surface area contributed by atoms with Gasteiger partial charge in [-0.1, -0.05) is 22.0 Å². The molecule has 0 N–H and O–H groups in total. The summed E-state index contributed by atoms with van der Waals surface area (Å²) in [6.07, 6.45) is 1.30. The number of carbonyl (C=O) groups excluding carboxylic acids is 2. The predicted molar refractivity (Wildman–Crippen MR) is 135 cm³/mol. The molecule has 1 fully saturated rings. The number of halogens is 2. The van der Waals surface area contributed by atoms with Crippen molar-refractivity contribution in [2.24, 2.45) is 4.99 Å². The average molecular weight is 560 g/mol. The molecule has 37 heavy (non-hydrogen) atoms. The first-order valence-corrected chi connectivity index (χ1v) is 12.4. The summed E-state index contributed by atoms with van der Waals surface area (Å²) >= 11 is 3.43. The Kier molecular flexibility index (Phi) is 5.97. The van der Waals surface area contributed by atoms with E-state index in [0.717, 1.165) is 20.9 Å². The smallest absolute Gasteiger partial charge is 0.270 e. The molecule has 0 saturated carbocycles. The summed E-state index contributed by atoms with van der Waals surface area (Å²) in [5.74, 6) is -0.788. The Bertz CT molecular complexity index is 1650. The molecule has 4 aromatic rings. The molecule has 2 aliphatic heterocycles. The maximum Gasteiger partial charge on any atom is 0.270 e. The fourth-order valence-electron chi connectivity index (χ4n) is 4.42. The average Bonchev–Trinajstić information content (AvgIpc) is 3.59. The van der Waals surface area contributed by atoms with Crippen molar-refractivity contribution in [2.45, 2.75) is 12.6 Å². The number of nitrogens with zero attached hydrogens (tertiary/aromatic N) is 5. The molecule has 0 unspecified atom stereocenters. The SMILES string of the molecule is O=C1C=c2cc(CCN3C(=O)CO[C@@H]3c3nn(-c4ccc(Br)cc4)nc3-c3ccc(F)cc3)ccc2=N1. The molecule has 2 aliphatic rings. The third-order valence-electron chi connectivity index (χ3n) is 6.26. The third kappa shape index (κ3) is 4.61. The number of hydrogen-bond acceptors (Lipinski definition) is 5. The van der Waals surface area contributed by atoms with E-state index in [9.17, 15) is 14.0 Å². The fraction of sp³-hybridized carbons (Fsp3) is 0.148. The van der Waals surface area contributed by atoms with Gasteiger partial charge in [-0.25, -0.2) is 9.38 Å². The van der Waals surface area contributed by atoms with Gasteiger partial charge in [-0.15, -0.1) is 10.2 Å². The van der Waals surface area contributed by atoms with Crippen LogP contribution in [0.4, 0.5) is 4.39 Å². The molecule has 8 nitrogen and oxygen atoms in total. The van der Waals surface area contributed by atoms with Crippen molar-refractivity contribution in [1.29, 1.82) is 0 Å². The summed E-state index contributed by atoms with van der Waals surface area (Å²) in [5.41, 5.74) is 3.32. The monoisotopic (exact) mass is 559 g/mol. The molecule has 10 heteroatoms. The van der Waals surface area contributed by atoms with Gasteiger partial charge in [-0.05, 0) is 72.6 Å². The molecular formula is C27H19BrFN5O3. The zero-order chi connectivity index (χ0) is 25.5. The summed E-state index contributed by atoms with van der Waals surface area (Å²) in [4.78, 5) is 31.5. The summed E-state index contributed by atoms with van der Waals surface area (Å²) in [6, 6.07) is 19.1. The lowest BCUT2D eigenvalue weighted by molar-refractivity contribution is -0.128. The van der Waals surface area contributed by atoms with Crippen molar-refractivity contribution in [1.82, 2.24) is 19.9 Å². The van der Waals surface area contributed by atoms with E-state index in [1.54, 1.807) is 17.0 Å². The zero-order valence-corrected chi connectivity index (χ0v) is 20.9. The van der Waals surface area contributed by atoms with Crippen LogP contribution in [-0.4, -0.2) is 44.9 Å². The summed E-state index contributed by atoms with van der Waals surface area (Å²) in [6.45, 7) is 0.297. The number of ether oxygens (including phenoxy) is 1. The lowest BCUT2D eigenvalue weighted by Crippen LogP contribution is -2.31. The van der Waals surface area contributed by atoms with Crippen LogP contribution in [0.1, 0.15) is 17.5 Å². The highest BCUT2D eigenvalue weighted by atomic mass is 79.9. The van der Waals surface area contributed by atoms with Gasteiger partial charge in [0.1, 0.15) is 23.8 Å². The maximum absolute atomic E-state index is 13.6. The van der Waals surface area contributed by atoms with Crippen LogP contribution in [-0.2, 0) is 20.7 Å². The Morgan fingerprint density at radius 2 is 1.78 bits per heavy atom. The van der Waals surface area contributed by atoms with Crippen molar-refractivity contribution in [3.63, 3.8) is 0 Å². The van der Waals surface area contributed by atoms with E-state index < -0.39 is 6.23 Å². The minimum absolute atomic E-state index is 0.0793. The number of fused-ring (bicyclic) bond motifs is 1. The topological polar surface area (TPSA) is 89.7 Å². The van der Waals surface area contributed by atoms with Crippen LogP contribution in [0.15, 0.2) is 76.2 Å². The van der Waals surface area contributed by atoms with Crippen LogP contribution in [0, 0.1) is 5.82 Å². The van der Waals surface area contributed by atoms with E-state index in [1.807, 2.05) is 42.5 Å². The van der Waals surface area contributed by atoms with Crippen LogP contribution in [0.25, 0.3) is 23.0 Å². The van der Waals surface area contributed by atoms with Gasteiger partial charge in [-0.3, -0.25) is 9.59 Å². The van der Waals surface area contributed by atoms with Gasteiger partial charge >= 0.3 is 0 Å². The van der Waals surface area contributed by atoms with Gasteiger partial charge in [0, 0.05) is 27.9 Å². The van der Waals surface area contributed by atoms with Gasteiger partial charge in [-0.2, -0.15) is 4.80 Å². The van der Waals surface area contributed by atoms with E-state index in [-0.39, 0.29) is 24.2 Å². The van der Waals surface area contributed by atoms with E-state index in [2.05, 4.69) is 26.0 Å². The Labute approximate surface area is 218 Å². The Morgan fingerprint density at radius 1 is 1.00 bits per heavy atom. The van der Waals surface area contributed by atoms with Crippen LogP contribution >= 0.6 is 15.9 Å². The predicted octanol–water partition coefficient (Wildman–Crippen LogP) is 2.88. The van der Waals surface area contributed by atoms with E-state index >= 15 is 0 Å². The molecule has 3 aromatic carbocycles. The lowest BCUT2D eigenvalue weighted by Gasteiger charge is -2.22. The first kappa shape index (κ1) is 23.4. The van der Waals surface area contributed by atoms with Crippen LogP contribution < -0.4 is 10.6 Å². The molecule has 2 amide bonds. The molecular weight excluding hydrogens is 541 g/mol. The number of carbonyl (C=O) groups is 2. The molecule has 1 aromatic heterocycles. The van der Waals surface area contributed by atoms with Crippen LogP contribution in [0.3, 0.4) is 0 Å². The molecule has 1 atom stereocenters. The zero-order valence-electron chi connectivity index (χ0n) is 19.3. The van der Waals surface area contributed by atoms with Gasteiger partial charge < -0.3 is 9.64 Å². The van der Waals surface area contributed by atoms with Gasteiger partial charge in [0.2, 0.25) is 0 Å². The number of benzene rings is 3. The Hall–Kier alpha value is -4.02. The van der Waals surface area contributed by atoms with Crippen LogP contribution in [0.2, 0.25) is 0 Å². The summed E-state index contributed by atoms with van der Waals surface area (Å²) < 4.78 is 20.5. The molecule has 0 radical (unpaired) electrons. The second-order valence-corrected chi connectivity index (χ2v) is 9.61. The molecule has 0 bridgehead atoms. The first-order valence-electron chi connectivity index (χ1n) is 11.6. The molecule has 1 saturated heterocycles. The summed E-state index contributed by atoms with van der Waals surface area (Å²) in [7, 11) is 0. The molecule has 0 aliphatic carbocycles. The van der Waals surface area contributed by atoms with Crippen molar-refractivity contribution in [2.75, 3.05) is 13.2 Å². The van der Waals surface area contributed by atoms with Crippen LogP contribution in [0.5, 0.6) is 0 Å². The van der Waals surface area contributed by atoms with Gasteiger partial charge in [0.15, 0.2) is 6.23 Å². The van der Waals surface area contributed by atoms with E-state index in [4.69, 9.17) is 9.84 Å². The second-order valence-electron chi connectivity index (χ2n) is 8.69. The number of rotatable bonds is 6. The van der Waals surface area contributed by atoms with Crippen molar-refractivity contribution < 1.29 is 18.7 Å². The quantitative estimate of drug-likeness (QED) is 0.362. The third-order valence-corrected chi connectivity index (χ3v) is 6.79. The first-order chi connectivity index (χ1) is 17.9. The maximum atomic E-state index is 13.6. The Balaban J connectivity index is 1.34. The normalized spacial score (nSPS) is 16.6. The van der Waals surface area contributed by atoms with Crippen molar-refractivity contribution in [3.8, 4) is 16.9 Å². The molecule has 0 spiro atoms. The van der Waals surface area contributed by atoms with E-state index in [0.29, 0.717) is 35.3 Å². The number of hydrogen-bond donors (Lipinski definition) is 0. The largest absolute Gasteiger partial charge is 0.342 e. The number of amides is 2. The molecule has 6 rings (SSSR count). The fourth-order valence-corrected chi connectivity index (χ4v) is 4.68. The van der Waals surface area contributed by atoms with Gasteiger partial charge in [0.05, 0.1) is 11.0 Å².